The molecular formula is C9H13NOS. The van der Waals surface area contributed by atoms with Crippen LogP contribution in [-0.4, -0.2) is 19.3 Å². The molecule has 0 spiro atoms. The zero-order valence-corrected chi connectivity index (χ0v) is 7.99. The number of ether oxygens (including phenoxy) is 1. The summed E-state index contributed by atoms with van der Waals surface area (Å²) in [4.78, 5) is 0. The summed E-state index contributed by atoms with van der Waals surface area (Å²) in [5, 5.41) is 7.80. The predicted octanol–water partition coefficient (Wildman–Crippen LogP) is 2.26. The minimum atomic E-state index is 0.526. The van der Waals surface area contributed by atoms with E-state index in [4.69, 9.17) is 4.74 Å². The molecule has 2 nitrogen and oxygen atoms in total. The molecule has 2 heterocycles. The average molecular weight is 183 g/mol. The van der Waals surface area contributed by atoms with Gasteiger partial charge in [0.05, 0.1) is 12.6 Å². The second-order valence-corrected chi connectivity index (χ2v) is 3.92. The largest absolute Gasteiger partial charge is 0.379 e. The highest BCUT2D eigenvalue weighted by molar-refractivity contribution is 7.08. The molecule has 0 aromatic carbocycles. The van der Waals surface area contributed by atoms with Gasteiger partial charge in [0, 0.05) is 17.7 Å². The topological polar surface area (TPSA) is 21.3 Å². The minimum Gasteiger partial charge on any atom is -0.379 e. The Bertz CT molecular complexity index is 253. The van der Waals surface area contributed by atoms with Crippen molar-refractivity contribution in [1.82, 2.24) is 0 Å². The highest BCUT2D eigenvalue weighted by Gasteiger charge is 2.15. The third-order valence-electron chi connectivity index (χ3n) is 2.14. The maximum Gasteiger partial charge on any atom is 0.0668 e. The fourth-order valence-corrected chi connectivity index (χ4v) is 2.17. The summed E-state index contributed by atoms with van der Waals surface area (Å²) < 4.78 is 5.29. The van der Waals surface area contributed by atoms with E-state index in [1.165, 1.54) is 11.3 Å². The third kappa shape index (κ3) is 1.62. The first kappa shape index (κ1) is 8.08. The summed E-state index contributed by atoms with van der Waals surface area (Å²) >= 11 is 1.75. The molecular weight excluding hydrogens is 170 g/mol. The standard InChI is InChI=1S/C9H13NOS/c1-7-5-12-6-9(7)10-8-2-3-11-4-8/h5-6,8,10H,2-4H2,1H3. The summed E-state index contributed by atoms with van der Waals surface area (Å²) in [7, 11) is 0. The van der Waals surface area contributed by atoms with Crippen molar-refractivity contribution in [3.05, 3.63) is 16.3 Å². The van der Waals surface area contributed by atoms with Gasteiger partial charge in [-0.05, 0) is 24.3 Å². The molecule has 2 rings (SSSR count). The third-order valence-corrected chi connectivity index (χ3v) is 3.01. The molecule has 1 aliphatic heterocycles. The smallest absolute Gasteiger partial charge is 0.0668 e. The van der Waals surface area contributed by atoms with E-state index in [2.05, 4.69) is 23.0 Å². The predicted molar refractivity (Wildman–Crippen MR) is 51.9 cm³/mol. The van der Waals surface area contributed by atoms with Crippen LogP contribution >= 0.6 is 11.3 Å². The molecule has 1 aliphatic rings. The molecule has 1 saturated heterocycles. The number of nitrogens with one attached hydrogen (secondary N) is 1. The van der Waals surface area contributed by atoms with Gasteiger partial charge >= 0.3 is 0 Å². The van der Waals surface area contributed by atoms with Gasteiger partial charge in [-0.25, -0.2) is 0 Å². The number of hydrogen-bond acceptors (Lipinski definition) is 3. The second-order valence-electron chi connectivity index (χ2n) is 3.17. The Kier molecular flexibility index (Phi) is 2.33. The van der Waals surface area contributed by atoms with Crippen molar-refractivity contribution in [2.24, 2.45) is 0 Å². The van der Waals surface area contributed by atoms with E-state index < -0.39 is 0 Å². The Morgan fingerprint density at radius 3 is 3.08 bits per heavy atom. The van der Waals surface area contributed by atoms with E-state index in [0.29, 0.717) is 6.04 Å². The summed E-state index contributed by atoms with van der Waals surface area (Å²) in [6.45, 7) is 3.89. The van der Waals surface area contributed by atoms with Crippen molar-refractivity contribution < 1.29 is 4.74 Å². The van der Waals surface area contributed by atoms with Crippen LogP contribution in [-0.2, 0) is 4.74 Å². The first-order valence-corrected chi connectivity index (χ1v) is 5.17. The van der Waals surface area contributed by atoms with Crippen LogP contribution in [0.25, 0.3) is 0 Å². The van der Waals surface area contributed by atoms with Crippen LogP contribution in [0.2, 0.25) is 0 Å². The van der Waals surface area contributed by atoms with Crippen LogP contribution < -0.4 is 5.32 Å². The SMILES string of the molecule is Cc1cscc1NC1CCOC1. The van der Waals surface area contributed by atoms with Gasteiger partial charge in [0.1, 0.15) is 0 Å². The Morgan fingerprint density at radius 2 is 2.50 bits per heavy atom. The molecule has 1 aromatic heterocycles. The highest BCUT2D eigenvalue weighted by Crippen LogP contribution is 2.21. The van der Waals surface area contributed by atoms with Crippen molar-refractivity contribution in [3.63, 3.8) is 0 Å². The highest BCUT2D eigenvalue weighted by atomic mass is 32.1. The Hall–Kier alpha value is -0.540. The van der Waals surface area contributed by atoms with Crippen LogP contribution in [0.3, 0.4) is 0 Å². The summed E-state index contributed by atoms with van der Waals surface area (Å²) in [6.07, 6.45) is 1.13. The molecule has 0 radical (unpaired) electrons. The number of hydrogen-bond donors (Lipinski definition) is 1. The van der Waals surface area contributed by atoms with Gasteiger partial charge in [0.2, 0.25) is 0 Å². The lowest BCUT2D eigenvalue weighted by atomic mass is 10.2. The second kappa shape index (κ2) is 3.46. The van der Waals surface area contributed by atoms with E-state index in [-0.39, 0.29) is 0 Å². The van der Waals surface area contributed by atoms with Crippen LogP contribution in [0.15, 0.2) is 10.8 Å². The lowest BCUT2D eigenvalue weighted by molar-refractivity contribution is 0.195. The maximum absolute atomic E-state index is 5.29. The minimum absolute atomic E-state index is 0.526. The fourth-order valence-electron chi connectivity index (χ4n) is 1.38. The van der Waals surface area contributed by atoms with Gasteiger partial charge in [0.15, 0.2) is 0 Å². The molecule has 1 aromatic rings. The number of thiophene rings is 1. The monoisotopic (exact) mass is 183 g/mol. The molecule has 1 unspecified atom stereocenters. The lowest BCUT2D eigenvalue weighted by Crippen LogP contribution is -2.18. The van der Waals surface area contributed by atoms with E-state index >= 15 is 0 Å². The van der Waals surface area contributed by atoms with Crippen molar-refractivity contribution in [2.45, 2.75) is 19.4 Å². The Morgan fingerprint density at radius 1 is 1.58 bits per heavy atom. The normalized spacial score (nSPS) is 22.9. The molecule has 0 amide bonds. The zero-order valence-electron chi connectivity index (χ0n) is 7.17. The van der Waals surface area contributed by atoms with Gasteiger partial charge in [-0.2, -0.15) is 0 Å². The van der Waals surface area contributed by atoms with Gasteiger partial charge in [0.25, 0.3) is 0 Å². The van der Waals surface area contributed by atoms with Crippen molar-refractivity contribution in [3.8, 4) is 0 Å². The summed E-state index contributed by atoms with van der Waals surface area (Å²) in [6, 6.07) is 0.526. The molecule has 0 saturated carbocycles. The summed E-state index contributed by atoms with van der Waals surface area (Å²) in [5.41, 5.74) is 2.61. The van der Waals surface area contributed by atoms with E-state index in [9.17, 15) is 0 Å². The van der Waals surface area contributed by atoms with Crippen LogP contribution in [0.4, 0.5) is 5.69 Å². The first-order valence-electron chi connectivity index (χ1n) is 4.23. The molecule has 0 bridgehead atoms. The van der Waals surface area contributed by atoms with Crippen LogP contribution in [0.5, 0.6) is 0 Å². The number of rotatable bonds is 2. The Labute approximate surface area is 76.6 Å². The van der Waals surface area contributed by atoms with E-state index in [1.54, 1.807) is 11.3 Å². The average Bonchev–Trinajstić information content (AvgIpc) is 2.65. The molecule has 1 fully saturated rings. The van der Waals surface area contributed by atoms with Crippen LogP contribution in [0, 0.1) is 6.92 Å². The van der Waals surface area contributed by atoms with Gasteiger partial charge in [-0.15, -0.1) is 11.3 Å². The molecule has 1 N–H and O–H groups in total. The molecule has 1 atom stereocenters. The fraction of sp³-hybridized carbons (Fsp3) is 0.556. The molecule has 0 aliphatic carbocycles. The van der Waals surface area contributed by atoms with Crippen LogP contribution in [0.1, 0.15) is 12.0 Å². The Balaban J connectivity index is 1.98. The van der Waals surface area contributed by atoms with Gasteiger partial charge < -0.3 is 10.1 Å². The quantitative estimate of drug-likeness (QED) is 0.759. The molecule has 66 valence electrons. The number of anilines is 1. The zero-order chi connectivity index (χ0) is 8.39. The first-order chi connectivity index (χ1) is 5.86. The maximum atomic E-state index is 5.29. The molecule has 3 heteroatoms. The van der Waals surface area contributed by atoms with Crippen molar-refractivity contribution in [1.29, 1.82) is 0 Å². The molecule has 12 heavy (non-hydrogen) atoms. The van der Waals surface area contributed by atoms with Gasteiger partial charge in [-0.3, -0.25) is 0 Å². The van der Waals surface area contributed by atoms with Crippen molar-refractivity contribution >= 4 is 17.0 Å². The summed E-state index contributed by atoms with van der Waals surface area (Å²) in [5.74, 6) is 0. The lowest BCUT2D eigenvalue weighted by Gasteiger charge is -2.10. The number of aryl methyl sites for hydroxylation is 1. The van der Waals surface area contributed by atoms with E-state index in [0.717, 1.165) is 19.6 Å². The van der Waals surface area contributed by atoms with E-state index in [1.807, 2.05) is 0 Å². The van der Waals surface area contributed by atoms with Crippen molar-refractivity contribution in [2.75, 3.05) is 18.5 Å². The van der Waals surface area contributed by atoms with Gasteiger partial charge in [-0.1, -0.05) is 0 Å².